The minimum atomic E-state index is 0.156. The molecule has 0 spiro atoms. The molecule has 0 aliphatic heterocycles. The van der Waals surface area contributed by atoms with Crippen LogP contribution in [0.25, 0.3) is 0 Å². The maximum atomic E-state index is 11.9. The number of amides is 1. The second-order valence-corrected chi connectivity index (χ2v) is 5.14. The molecule has 0 fully saturated rings. The van der Waals surface area contributed by atoms with Crippen LogP contribution in [0.2, 0.25) is 0 Å². The average Bonchev–Trinajstić information content (AvgIpc) is 2.38. The van der Waals surface area contributed by atoms with Crippen LogP contribution >= 0.6 is 15.9 Å². The molecule has 1 N–H and O–H groups in total. The Morgan fingerprint density at radius 2 is 1.83 bits per heavy atom. The minimum absolute atomic E-state index is 0.156. The molecule has 1 rings (SSSR count). The molecule has 0 saturated heterocycles. The monoisotopic (exact) mass is 312 g/mol. The van der Waals surface area contributed by atoms with Gasteiger partial charge in [0, 0.05) is 23.6 Å². The van der Waals surface area contributed by atoms with E-state index in [0.29, 0.717) is 6.54 Å². The van der Waals surface area contributed by atoms with E-state index in [-0.39, 0.29) is 11.9 Å². The molecule has 0 aliphatic carbocycles. The highest BCUT2D eigenvalue weighted by Crippen LogP contribution is 2.16. The van der Waals surface area contributed by atoms with E-state index < -0.39 is 0 Å². The lowest BCUT2D eigenvalue weighted by molar-refractivity contribution is -0.129. The van der Waals surface area contributed by atoms with Gasteiger partial charge in [0.05, 0.1) is 6.54 Å². The molecular formula is C14H21BrN2O. The third-order valence-corrected chi connectivity index (χ3v) is 3.57. The van der Waals surface area contributed by atoms with Gasteiger partial charge in [-0.15, -0.1) is 0 Å². The molecule has 0 aromatic heterocycles. The highest BCUT2D eigenvalue weighted by molar-refractivity contribution is 9.10. The molecule has 1 atom stereocenters. The maximum absolute atomic E-state index is 11.9. The maximum Gasteiger partial charge on any atom is 0.236 e. The third kappa shape index (κ3) is 4.42. The van der Waals surface area contributed by atoms with Crippen molar-refractivity contribution in [2.45, 2.75) is 26.8 Å². The molecule has 3 nitrogen and oxygen atoms in total. The van der Waals surface area contributed by atoms with Crippen LogP contribution in [0.5, 0.6) is 0 Å². The first-order chi connectivity index (χ1) is 8.58. The SMILES string of the molecule is CCN(CC)C(=O)CNC(C)c1ccc(Br)cc1. The van der Waals surface area contributed by atoms with Crippen molar-refractivity contribution in [2.75, 3.05) is 19.6 Å². The van der Waals surface area contributed by atoms with Gasteiger partial charge in [-0.1, -0.05) is 28.1 Å². The topological polar surface area (TPSA) is 32.3 Å². The number of hydrogen-bond donors (Lipinski definition) is 1. The van der Waals surface area contributed by atoms with Crippen LogP contribution in [0.15, 0.2) is 28.7 Å². The van der Waals surface area contributed by atoms with Gasteiger partial charge in [0.25, 0.3) is 0 Å². The van der Waals surface area contributed by atoms with Crippen LogP contribution in [0, 0.1) is 0 Å². The second kappa shape index (κ2) is 7.54. The van der Waals surface area contributed by atoms with E-state index in [4.69, 9.17) is 0 Å². The summed E-state index contributed by atoms with van der Waals surface area (Å²) in [6.07, 6.45) is 0. The first kappa shape index (κ1) is 15.2. The van der Waals surface area contributed by atoms with Gasteiger partial charge >= 0.3 is 0 Å². The molecule has 0 aliphatic rings. The third-order valence-electron chi connectivity index (χ3n) is 3.05. The van der Waals surface area contributed by atoms with Crippen LogP contribution in [0.3, 0.4) is 0 Å². The van der Waals surface area contributed by atoms with Crippen molar-refractivity contribution in [3.63, 3.8) is 0 Å². The lowest BCUT2D eigenvalue weighted by Crippen LogP contribution is -2.38. The van der Waals surface area contributed by atoms with Crippen molar-refractivity contribution >= 4 is 21.8 Å². The zero-order valence-corrected chi connectivity index (χ0v) is 12.8. The highest BCUT2D eigenvalue weighted by atomic mass is 79.9. The summed E-state index contributed by atoms with van der Waals surface area (Å²) in [5.41, 5.74) is 1.19. The Hall–Kier alpha value is -0.870. The van der Waals surface area contributed by atoms with Gasteiger partial charge in [0.1, 0.15) is 0 Å². The summed E-state index contributed by atoms with van der Waals surface area (Å²) in [5, 5.41) is 3.26. The Bertz CT molecular complexity index is 374. The average molecular weight is 313 g/mol. The number of nitrogens with zero attached hydrogens (tertiary/aromatic N) is 1. The van der Waals surface area contributed by atoms with Crippen molar-refractivity contribution < 1.29 is 4.79 Å². The van der Waals surface area contributed by atoms with Crippen molar-refractivity contribution in [2.24, 2.45) is 0 Å². The molecule has 4 heteroatoms. The summed E-state index contributed by atoms with van der Waals surface area (Å²) < 4.78 is 1.07. The molecule has 1 amide bonds. The Kier molecular flexibility index (Phi) is 6.36. The van der Waals surface area contributed by atoms with Gasteiger partial charge < -0.3 is 10.2 Å². The van der Waals surface area contributed by atoms with Crippen molar-refractivity contribution in [3.05, 3.63) is 34.3 Å². The van der Waals surface area contributed by atoms with Crippen LogP contribution in [-0.4, -0.2) is 30.4 Å². The quantitative estimate of drug-likeness (QED) is 0.876. The van der Waals surface area contributed by atoms with E-state index in [1.807, 2.05) is 30.9 Å². The fraction of sp³-hybridized carbons (Fsp3) is 0.500. The molecule has 0 heterocycles. The Labute approximate surface area is 118 Å². The predicted molar refractivity (Wildman–Crippen MR) is 78.5 cm³/mol. The fourth-order valence-corrected chi connectivity index (χ4v) is 2.06. The van der Waals surface area contributed by atoms with Crippen LogP contribution in [0.4, 0.5) is 0 Å². The Morgan fingerprint density at radius 1 is 1.28 bits per heavy atom. The summed E-state index contributed by atoms with van der Waals surface area (Å²) in [7, 11) is 0. The normalized spacial score (nSPS) is 12.2. The van der Waals surface area contributed by atoms with Crippen LogP contribution in [0.1, 0.15) is 32.4 Å². The first-order valence-electron chi connectivity index (χ1n) is 6.35. The standard InChI is InChI=1S/C14H21BrN2O/c1-4-17(5-2)14(18)10-16-11(3)12-6-8-13(15)9-7-12/h6-9,11,16H,4-5,10H2,1-3H3. The molecule has 1 unspecified atom stereocenters. The fourth-order valence-electron chi connectivity index (χ4n) is 1.80. The summed E-state index contributed by atoms with van der Waals surface area (Å²) in [5.74, 6) is 0.156. The Balaban J connectivity index is 2.48. The molecule has 0 bridgehead atoms. The number of likely N-dealkylation sites (N-methyl/N-ethyl adjacent to an activating group) is 1. The van der Waals surface area contributed by atoms with E-state index in [1.54, 1.807) is 0 Å². The lowest BCUT2D eigenvalue weighted by atomic mass is 10.1. The van der Waals surface area contributed by atoms with Gasteiger partial charge in [0.2, 0.25) is 5.91 Å². The number of hydrogen-bond acceptors (Lipinski definition) is 2. The Morgan fingerprint density at radius 3 is 2.33 bits per heavy atom. The summed E-state index contributed by atoms with van der Waals surface area (Å²) in [6, 6.07) is 8.32. The molecule has 0 saturated carbocycles. The summed E-state index contributed by atoms with van der Waals surface area (Å²) in [4.78, 5) is 13.7. The predicted octanol–water partition coefficient (Wildman–Crippen LogP) is 2.97. The largest absolute Gasteiger partial charge is 0.342 e. The summed E-state index contributed by atoms with van der Waals surface area (Å²) >= 11 is 3.41. The van der Waals surface area contributed by atoms with Gasteiger partial charge in [-0.05, 0) is 38.5 Å². The van der Waals surface area contributed by atoms with E-state index >= 15 is 0 Å². The number of carbonyl (C=O) groups excluding carboxylic acids is 1. The highest BCUT2D eigenvalue weighted by Gasteiger charge is 2.11. The zero-order valence-electron chi connectivity index (χ0n) is 11.2. The number of nitrogens with one attached hydrogen (secondary N) is 1. The van der Waals surface area contributed by atoms with Gasteiger partial charge in [-0.3, -0.25) is 4.79 Å². The van der Waals surface area contributed by atoms with E-state index in [1.165, 1.54) is 5.56 Å². The molecule has 1 aromatic rings. The van der Waals surface area contributed by atoms with Gasteiger partial charge in [-0.2, -0.15) is 0 Å². The number of halogens is 1. The molecule has 0 radical (unpaired) electrons. The van der Waals surface area contributed by atoms with Crippen molar-refractivity contribution in [1.29, 1.82) is 0 Å². The van der Waals surface area contributed by atoms with Crippen molar-refractivity contribution in [1.82, 2.24) is 10.2 Å². The zero-order chi connectivity index (χ0) is 13.5. The number of carbonyl (C=O) groups is 1. The lowest BCUT2D eigenvalue weighted by Gasteiger charge is -2.21. The molecular weight excluding hydrogens is 292 g/mol. The van der Waals surface area contributed by atoms with Crippen LogP contribution in [-0.2, 0) is 4.79 Å². The van der Waals surface area contributed by atoms with Gasteiger partial charge in [0.15, 0.2) is 0 Å². The van der Waals surface area contributed by atoms with E-state index in [9.17, 15) is 4.79 Å². The smallest absolute Gasteiger partial charge is 0.236 e. The molecule has 100 valence electrons. The molecule has 18 heavy (non-hydrogen) atoms. The second-order valence-electron chi connectivity index (χ2n) is 4.22. The van der Waals surface area contributed by atoms with E-state index in [2.05, 4.69) is 40.3 Å². The summed E-state index contributed by atoms with van der Waals surface area (Å²) in [6.45, 7) is 7.99. The van der Waals surface area contributed by atoms with Crippen molar-refractivity contribution in [3.8, 4) is 0 Å². The number of rotatable bonds is 6. The number of benzene rings is 1. The van der Waals surface area contributed by atoms with Gasteiger partial charge in [-0.25, -0.2) is 0 Å². The van der Waals surface area contributed by atoms with E-state index in [0.717, 1.165) is 17.6 Å². The first-order valence-corrected chi connectivity index (χ1v) is 7.14. The van der Waals surface area contributed by atoms with Crippen LogP contribution < -0.4 is 5.32 Å². The molecule has 1 aromatic carbocycles. The minimum Gasteiger partial charge on any atom is -0.342 e.